The average molecular weight is 843 g/mol. The van der Waals surface area contributed by atoms with Crippen molar-refractivity contribution in [2.45, 2.75) is 58.3 Å². The van der Waals surface area contributed by atoms with Crippen molar-refractivity contribution in [2.75, 3.05) is 71.4 Å². The Morgan fingerprint density at radius 3 is 1.82 bits per heavy atom. The van der Waals surface area contributed by atoms with E-state index in [9.17, 15) is 14.4 Å². The molecule has 19 heteroatoms. The number of carbonyl (C=O) groups excluding carboxylic acids is 3. The summed E-state index contributed by atoms with van der Waals surface area (Å²) in [6.45, 7) is 15.7. The Bertz CT molecular complexity index is 1770. The number of ether oxygens (including phenoxy) is 2. The van der Waals surface area contributed by atoms with E-state index in [1.165, 1.54) is 0 Å². The predicted molar refractivity (Wildman–Crippen MR) is 237 cm³/mol. The van der Waals surface area contributed by atoms with Gasteiger partial charge in [-0.1, -0.05) is 43.0 Å². The zero-order chi connectivity index (χ0) is 44.0. The van der Waals surface area contributed by atoms with Crippen molar-refractivity contribution in [2.24, 2.45) is 11.5 Å². The molecule has 328 valence electrons. The van der Waals surface area contributed by atoms with Crippen molar-refractivity contribution in [1.82, 2.24) is 10.2 Å². The zero-order valence-electron chi connectivity index (χ0n) is 35.5. The third-order valence-electron chi connectivity index (χ3n) is 9.52. The summed E-state index contributed by atoms with van der Waals surface area (Å²) in [5, 5.41) is 2.92. The van der Waals surface area contributed by atoms with Crippen molar-refractivity contribution in [3.05, 3.63) is 90.5 Å². The lowest BCUT2D eigenvalue weighted by molar-refractivity contribution is -0.139. The largest absolute Gasteiger partial charge is 0.494 e. The monoisotopic (exact) mass is 843 g/mol. The van der Waals surface area contributed by atoms with Crippen LogP contribution in [-0.2, 0) is 42.3 Å². The number of benzene rings is 3. The van der Waals surface area contributed by atoms with Crippen molar-refractivity contribution in [3.8, 4) is 5.75 Å². The molecule has 6 rings (SSSR count). The number of esters is 1. The summed E-state index contributed by atoms with van der Waals surface area (Å²) in [4.78, 5) is 35.8. The molecule has 0 saturated carbocycles. The summed E-state index contributed by atoms with van der Waals surface area (Å²) in [6.07, 6.45) is 2.81. The van der Waals surface area contributed by atoms with Crippen LogP contribution in [0.2, 0.25) is 0 Å². The fourth-order valence-electron chi connectivity index (χ4n) is 6.24. The number of carbonyl (C=O) groups is 3. The van der Waals surface area contributed by atoms with E-state index in [1.54, 1.807) is 31.2 Å². The summed E-state index contributed by atoms with van der Waals surface area (Å²) in [5.74, 6) is 0.0359. The van der Waals surface area contributed by atoms with Gasteiger partial charge in [-0.3, -0.25) is 14.5 Å². The summed E-state index contributed by atoms with van der Waals surface area (Å²) in [6, 6.07) is 21.9. The Hall–Kier alpha value is -4.56. The first-order chi connectivity index (χ1) is 29.5. The smallest absolute Gasteiger partial charge is 0.462 e. The molecule has 16 nitrogen and oxygen atoms in total. The van der Waals surface area contributed by atoms with Gasteiger partial charge in [0, 0.05) is 56.1 Å². The number of amides is 1. The Morgan fingerprint density at radius 2 is 1.31 bits per heavy atom. The fraction of sp³-hybridized carbons (Fsp3) is 0.452. The molecule has 61 heavy (non-hydrogen) atoms. The third-order valence-corrected chi connectivity index (χ3v) is 9.52. The highest BCUT2D eigenvalue weighted by Gasteiger charge is 2.33. The molecular formula is C42H60B3N5O11. The van der Waals surface area contributed by atoms with Gasteiger partial charge in [0.2, 0.25) is 0 Å². The van der Waals surface area contributed by atoms with Crippen LogP contribution in [0.4, 0.5) is 5.69 Å². The number of nitrogens with zero attached hydrogens (tertiary/aromatic N) is 1. The predicted octanol–water partition coefficient (Wildman–Crippen LogP) is 0.788. The van der Waals surface area contributed by atoms with Crippen LogP contribution < -0.4 is 43.6 Å². The Balaban J connectivity index is 0.000000210. The van der Waals surface area contributed by atoms with E-state index in [2.05, 4.69) is 16.8 Å². The number of nitrogens with one attached hydrogen (secondary N) is 1. The fourth-order valence-corrected chi connectivity index (χ4v) is 6.24. The van der Waals surface area contributed by atoms with E-state index in [-0.39, 0.29) is 44.4 Å². The second-order valence-electron chi connectivity index (χ2n) is 14.8. The average Bonchev–Trinajstić information content (AvgIpc) is 4.04. The van der Waals surface area contributed by atoms with Crippen molar-refractivity contribution in [3.63, 3.8) is 0 Å². The molecule has 0 radical (unpaired) electrons. The first kappa shape index (κ1) is 49.1. The number of hydrogen-bond donors (Lipinski definition) is 4. The van der Waals surface area contributed by atoms with Crippen LogP contribution in [-0.4, -0.2) is 129 Å². The maximum absolute atomic E-state index is 12.2. The van der Waals surface area contributed by atoms with Crippen LogP contribution in [0.25, 0.3) is 0 Å². The van der Waals surface area contributed by atoms with Gasteiger partial charge < -0.3 is 59.9 Å². The molecule has 0 aliphatic carbocycles. The number of nitrogen functional groups attached to an aromatic ring is 1. The topological polar surface area (TPSA) is 218 Å². The Kier molecular flexibility index (Phi) is 21.5. The second-order valence-corrected chi connectivity index (χ2v) is 14.8. The van der Waals surface area contributed by atoms with E-state index in [0.717, 1.165) is 61.0 Å². The summed E-state index contributed by atoms with van der Waals surface area (Å²) < 4.78 is 43.4. The quantitative estimate of drug-likeness (QED) is 0.0328. The van der Waals surface area contributed by atoms with Crippen LogP contribution in [0.5, 0.6) is 5.75 Å². The van der Waals surface area contributed by atoms with Crippen LogP contribution in [0.3, 0.4) is 0 Å². The maximum Gasteiger partial charge on any atom is 0.494 e. The molecule has 3 atom stereocenters. The lowest BCUT2D eigenvalue weighted by Gasteiger charge is -2.20. The number of anilines is 1. The van der Waals surface area contributed by atoms with E-state index in [4.69, 9.17) is 54.6 Å². The minimum absolute atomic E-state index is 0.0257. The molecule has 3 aromatic carbocycles. The molecule has 0 bridgehead atoms. The molecular weight excluding hydrogens is 783 g/mol. The molecule has 1 amide bonds. The molecule has 3 saturated heterocycles. The number of rotatable bonds is 19. The van der Waals surface area contributed by atoms with Crippen LogP contribution in [0.15, 0.2) is 84.9 Å². The van der Waals surface area contributed by atoms with E-state index >= 15 is 0 Å². The van der Waals surface area contributed by atoms with Gasteiger partial charge in [-0.05, 0) is 92.8 Å². The molecule has 0 spiro atoms. The normalized spacial score (nSPS) is 18.2. The van der Waals surface area contributed by atoms with Crippen LogP contribution in [0, 0.1) is 0 Å². The molecule has 3 aliphatic rings. The van der Waals surface area contributed by atoms with Crippen molar-refractivity contribution >= 4 is 61.8 Å². The van der Waals surface area contributed by atoms with Gasteiger partial charge in [0.15, 0.2) is 0 Å². The molecule has 3 aliphatic heterocycles. The van der Waals surface area contributed by atoms with E-state index in [1.807, 2.05) is 62.4 Å². The minimum Gasteiger partial charge on any atom is -0.462 e. The van der Waals surface area contributed by atoms with Crippen molar-refractivity contribution in [1.29, 1.82) is 0 Å². The number of nitrogens with two attached hydrogens (primary N) is 3. The second kappa shape index (κ2) is 26.7. The first-order valence-corrected chi connectivity index (χ1v) is 20.7. The van der Waals surface area contributed by atoms with Crippen LogP contribution in [0.1, 0.15) is 50.4 Å². The number of unbranched alkanes of at least 4 members (excludes halogenated alkanes) is 1. The molecule has 3 aromatic rings. The third kappa shape index (κ3) is 17.4. The molecule has 0 aromatic heterocycles. The molecule has 3 heterocycles. The summed E-state index contributed by atoms with van der Waals surface area (Å²) >= 11 is 0. The van der Waals surface area contributed by atoms with Crippen LogP contribution >= 0.6 is 0 Å². The summed E-state index contributed by atoms with van der Waals surface area (Å²) in [7, 11) is -0.949. The van der Waals surface area contributed by atoms with Gasteiger partial charge >= 0.3 is 27.3 Å². The Morgan fingerprint density at radius 1 is 0.787 bits per heavy atom. The maximum atomic E-state index is 12.2. The lowest BCUT2D eigenvalue weighted by Crippen LogP contribution is -2.40. The van der Waals surface area contributed by atoms with E-state index in [0.29, 0.717) is 69.4 Å². The minimum atomic E-state index is -0.401. The highest BCUT2D eigenvalue weighted by Crippen LogP contribution is 2.16. The molecule has 7 N–H and O–H groups in total. The SMILES string of the molecule is C=C(C)C(=O)OCCCCC1COB(c2ccc(OC=O)cc2)O1.CC1COB(c2ccc(C(=O)NCCN(CCN)CCN)cc2)O1.CC1COB(c2ccc(N)cc2)O1. The molecule has 3 fully saturated rings. The van der Waals surface area contributed by atoms with Gasteiger partial charge in [-0.15, -0.1) is 0 Å². The van der Waals surface area contributed by atoms with Gasteiger partial charge in [-0.2, -0.15) is 0 Å². The zero-order valence-corrected chi connectivity index (χ0v) is 35.5. The lowest BCUT2D eigenvalue weighted by atomic mass is 9.79. The summed E-state index contributed by atoms with van der Waals surface area (Å²) in [5.41, 5.74) is 21.3. The van der Waals surface area contributed by atoms with Crippen molar-refractivity contribution < 1.29 is 51.8 Å². The molecule has 3 unspecified atom stereocenters. The first-order valence-electron chi connectivity index (χ1n) is 20.7. The van der Waals surface area contributed by atoms with E-state index < -0.39 is 7.12 Å². The Labute approximate surface area is 360 Å². The van der Waals surface area contributed by atoms with Gasteiger partial charge in [0.1, 0.15) is 5.75 Å². The number of hydrogen-bond acceptors (Lipinski definition) is 15. The highest BCUT2D eigenvalue weighted by atomic mass is 16.7. The van der Waals surface area contributed by atoms with Gasteiger partial charge in [0.05, 0.1) is 44.7 Å². The van der Waals surface area contributed by atoms with Gasteiger partial charge in [0.25, 0.3) is 12.4 Å². The van der Waals surface area contributed by atoms with Gasteiger partial charge in [-0.25, -0.2) is 4.79 Å². The standard InChI is InChI=1S/C17H21BO6.C16H27BN4O3.C9H12BNO2/c1-13(2)17(20)21-10-4-3-5-16-11-23-18(24-16)14-6-8-15(9-7-14)22-12-19;1-13-12-23-17(24-13)15-4-2-14(3-5-15)16(22)20-8-11-21(9-6-18)10-7-19;1-7-6-12-10(13-7)8-2-4-9(11)5-3-8/h6-9,12,16H,1,3-5,10-11H2,2H3;2-5,13H,6-12,18-19H2,1H3,(H,20,22);2-5,7H,6,11H2,1H3. The highest BCUT2D eigenvalue weighted by molar-refractivity contribution is 6.62.